The quantitative estimate of drug-likeness (QED) is 0.724. The fraction of sp³-hybridized carbons (Fsp3) is 0.615. The van der Waals surface area contributed by atoms with Gasteiger partial charge in [-0.05, 0) is 6.92 Å². The molecular formula is C13H19N7O. The zero-order chi connectivity index (χ0) is 14.4. The minimum Gasteiger partial charge on any atom is -0.354 e. The van der Waals surface area contributed by atoms with E-state index in [4.69, 9.17) is 0 Å². The number of rotatable bonds is 2. The van der Waals surface area contributed by atoms with E-state index >= 15 is 0 Å². The Hall–Kier alpha value is -1.93. The summed E-state index contributed by atoms with van der Waals surface area (Å²) in [6, 6.07) is 2.58. The number of hydrogen-bond acceptors (Lipinski definition) is 6. The van der Waals surface area contributed by atoms with E-state index in [0.29, 0.717) is 17.5 Å². The number of H-pyrrole nitrogens is 1. The molecule has 4 rings (SSSR count). The predicted octanol–water partition coefficient (Wildman–Crippen LogP) is -1.18. The summed E-state index contributed by atoms with van der Waals surface area (Å²) in [4.78, 5) is 21.0. The molecule has 2 aliphatic rings. The maximum absolute atomic E-state index is 11.6. The highest BCUT2D eigenvalue weighted by atomic mass is 16.1. The largest absolute Gasteiger partial charge is 0.354 e. The van der Waals surface area contributed by atoms with Gasteiger partial charge in [0, 0.05) is 51.4 Å². The number of aryl methyl sites for hydroxylation is 1. The molecule has 2 N–H and O–H groups in total. The molecule has 8 heteroatoms. The molecule has 2 aliphatic heterocycles. The van der Waals surface area contributed by atoms with Gasteiger partial charge in [-0.3, -0.25) is 4.90 Å². The standard InChI is InChI=1S/C13H19N7O/c1-9-15-11(6-12-16-17-13(21)20(9)12)19-4-2-18(3-5-19)10-7-14-8-10/h6,10,14H,2-5,7-8H2,1H3,(H,17,21). The first-order valence-electron chi connectivity index (χ1n) is 7.37. The molecule has 0 spiro atoms. The van der Waals surface area contributed by atoms with Crippen molar-refractivity contribution in [3.8, 4) is 0 Å². The van der Waals surface area contributed by atoms with E-state index in [2.05, 4.69) is 30.3 Å². The number of aromatic nitrogens is 4. The molecule has 2 saturated heterocycles. The third-order valence-corrected chi connectivity index (χ3v) is 4.47. The van der Waals surface area contributed by atoms with E-state index in [0.717, 1.165) is 45.1 Å². The highest BCUT2D eigenvalue weighted by Crippen LogP contribution is 2.17. The molecule has 8 nitrogen and oxygen atoms in total. The van der Waals surface area contributed by atoms with Gasteiger partial charge in [0.05, 0.1) is 0 Å². The van der Waals surface area contributed by atoms with Crippen molar-refractivity contribution in [2.75, 3.05) is 44.2 Å². The Morgan fingerprint density at radius 2 is 2.00 bits per heavy atom. The van der Waals surface area contributed by atoms with Crippen LogP contribution in [0.3, 0.4) is 0 Å². The van der Waals surface area contributed by atoms with Crippen LogP contribution in [0.15, 0.2) is 10.9 Å². The number of hydrogen-bond donors (Lipinski definition) is 2. The number of piperazine rings is 1. The second kappa shape index (κ2) is 4.81. The Morgan fingerprint density at radius 1 is 1.24 bits per heavy atom. The summed E-state index contributed by atoms with van der Waals surface area (Å²) < 4.78 is 1.50. The molecule has 0 saturated carbocycles. The zero-order valence-electron chi connectivity index (χ0n) is 12.0. The van der Waals surface area contributed by atoms with Crippen LogP contribution in [0.5, 0.6) is 0 Å². The maximum atomic E-state index is 11.6. The van der Waals surface area contributed by atoms with Gasteiger partial charge in [-0.2, -0.15) is 5.10 Å². The predicted molar refractivity (Wildman–Crippen MR) is 78.8 cm³/mol. The van der Waals surface area contributed by atoms with Crippen molar-refractivity contribution in [3.63, 3.8) is 0 Å². The third-order valence-electron chi connectivity index (χ3n) is 4.47. The van der Waals surface area contributed by atoms with Crippen LogP contribution >= 0.6 is 0 Å². The first-order chi connectivity index (χ1) is 10.2. The SMILES string of the molecule is Cc1nc(N2CCN(C3CNC3)CC2)cc2n[nH]c(=O)n12. The summed E-state index contributed by atoms with van der Waals surface area (Å²) in [6.45, 7) is 8.11. The third kappa shape index (κ3) is 2.11. The first kappa shape index (κ1) is 12.8. The normalized spacial score (nSPS) is 20.9. The second-order valence-electron chi connectivity index (χ2n) is 5.72. The molecule has 0 aliphatic carbocycles. The van der Waals surface area contributed by atoms with Gasteiger partial charge in [0.2, 0.25) is 0 Å². The lowest BCUT2D eigenvalue weighted by Gasteiger charge is -2.43. The van der Waals surface area contributed by atoms with Crippen molar-refractivity contribution in [1.82, 2.24) is 29.8 Å². The number of nitrogens with one attached hydrogen (secondary N) is 2. The second-order valence-corrected chi connectivity index (χ2v) is 5.72. The topological polar surface area (TPSA) is 81.6 Å². The van der Waals surface area contributed by atoms with E-state index in [9.17, 15) is 4.79 Å². The molecule has 112 valence electrons. The van der Waals surface area contributed by atoms with E-state index in [1.54, 1.807) is 0 Å². The smallest absolute Gasteiger partial charge is 0.349 e. The van der Waals surface area contributed by atoms with Gasteiger partial charge in [-0.25, -0.2) is 19.3 Å². The van der Waals surface area contributed by atoms with Crippen LogP contribution in [-0.4, -0.2) is 69.8 Å². The fourth-order valence-corrected chi connectivity index (χ4v) is 3.09. The lowest BCUT2D eigenvalue weighted by atomic mass is 10.1. The Morgan fingerprint density at radius 3 is 2.67 bits per heavy atom. The van der Waals surface area contributed by atoms with Crippen LogP contribution < -0.4 is 15.9 Å². The van der Waals surface area contributed by atoms with Crippen LogP contribution in [0, 0.1) is 6.92 Å². The average molecular weight is 289 g/mol. The lowest BCUT2D eigenvalue weighted by Crippen LogP contribution is -2.61. The maximum Gasteiger partial charge on any atom is 0.349 e. The Bertz CT molecular complexity index is 709. The van der Waals surface area contributed by atoms with E-state index in [1.165, 1.54) is 4.40 Å². The summed E-state index contributed by atoms with van der Waals surface area (Å²) in [6.07, 6.45) is 0. The summed E-state index contributed by atoms with van der Waals surface area (Å²) in [5.41, 5.74) is 0.400. The van der Waals surface area contributed by atoms with Gasteiger partial charge in [-0.15, -0.1) is 0 Å². The van der Waals surface area contributed by atoms with Gasteiger partial charge in [-0.1, -0.05) is 0 Å². The highest BCUT2D eigenvalue weighted by Gasteiger charge is 2.28. The molecule has 0 unspecified atom stereocenters. The minimum absolute atomic E-state index is 0.233. The lowest BCUT2D eigenvalue weighted by molar-refractivity contribution is 0.137. The van der Waals surface area contributed by atoms with E-state index in [1.807, 2.05) is 13.0 Å². The summed E-state index contributed by atoms with van der Waals surface area (Å²) >= 11 is 0. The van der Waals surface area contributed by atoms with Crippen molar-refractivity contribution in [2.24, 2.45) is 0 Å². The summed E-state index contributed by atoms with van der Waals surface area (Å²) in [5.74, 6) is 1.58. The van der Waals surface area contributed by atoms with Crippen LogP contribution in [0.4, 0.5) is 5.82 Å². The van der Waals surface area contributed by atoms with Crippen LogP contribution in [0.25, 0.3) is 5.65 Å². The monoisotopic (exact) mass is 289 g/mol. The van der Waals surface area contributed by atoms with Crippen LogP contribution in [0.2, 0.25) is 0 Å². The van der Waals surface area contributed by atoms with Crippen molar-refractivity contribution in [3.05, 3.63) is 22.4 Å². The molecule has 4 heterocycles. The summed E-state index contributed by atoms with van der Waals surface area (Å²) in [7, 11) is 0. The Labute approximate surface area is 121 Å². The molecule has 2 aromatic rings. The fourth-order valence-electron chi connectivity index (χ4n) is 3.09. The minimum atomic E-state index is -0.233. The highest BCUT2D eigenvalue weighted by molar-refractivity contribution is 5.51. The Balaban J connectivity index is 1.55. The first-order valence-corrected chi connectivity index (χ1v) is 7.37. The number of fused-ring (bicyclic) bond motifs is 1. The molecule has 2 fully saturated rings. The van der Waals surface area contributed by atoms with Gasteiger partial charge in [0.1, 0.15) is 11.6 Å². The molecule has 21 heavy (non-hydrogen) atoms. The number of anilines is 1. The zero-order valence-corrected chi connectivity index (χ0v) is 12.0. The molecule has 0 atom stereocenters. The number of aromatic amines is 1. The van der Waals surface area contributed by atoms with Crippen molar-refractivity contribution >= 4 is 11.5 Å². The summed E-state index contributed by atoms with van der Waals surface area (Å²) in [5, 5.41) is 9.83. The molecular weight excluding hydrogens is 270 g/mol. The van der Waals surface area contributed by atoms with Crippen molar-refractivity contribution in [1.29, 1.82) is 0 Å². The molecule has 0 bridgehead atoms. The van der Waals surface area contributed by atoms with Gasteiger partial charge in [0.25, 0.3) is 0 Å². The van der Waals surface area contributed by atoms with Gasteiger partial charge < -0.3 is 10.2 Å². The van der Waals surface area contributed by atoms with Gasteiger partial charge >= 0.3 is 5.69 Å². The molecule has 0 aromatic carbocycles. The number of nitrogens with zero attached hydrogens (tertiary/aromatic N) is 5. The average Bonchev–Trinajstić information content (AvgIpc) is 2.80. The van der Waals surface area contributed by atoms with E-state index in [-0.39, 0.29) is 5.69 Å². The molecule has 2 aromatic heterocycles. The van der Waals surface area contributed by atoms with Crippen molar-refractivity contribution in [2.45, 2.75) is 13.0 Å². The molecule has 0 radical (unpaired) electrons. The van der Waals surface area contributed by atoms with Crippen LogP contribution in [-0.2, 0) is 0 Å². The Kier molecular flexibility index (Phi) is 2.93. The molecule has 0 amide bonds. The van der Waals surface area contributed by atoms with Crippen molar-refractivity contribution < 1.29 is 0 Å². The van der Waals surface area contributed by atoms with Gasteiger partial charge in [0.15, 0.2) is 5.65 Å². The van der Waals surface area contributed by atoms with Crippen LogP contribution in [0.1, 0.15) is 5.82 Å². The van der Waals surface area contributed by atoms with E-state index < -0.39 is 0 Å².